The van der Waals surface area contributed by atoms with Crippen molar-refractivity contribution in [3.8, 4) is 22.5 Å². The Morgan fingerprint density at radius 2 is 2.14 bits per heavy atom. The Labute approximate surface area is 222 Å². The first-order valence-electron chi connectivity index (χ1n) is 13.4. The maximum absolute atomic E-state index is 15.7. The zero-order valence-corrected chi connectivity index (χ0v) is 21.3. The molecule has 0 bridgehead atoms. The molecule has 2 atom stereocenters. The maximum atomic E-state index is 15.7. The predicted molar refractivity (Wildman–Crippen MR) is 136 cm³/mol. The van der Waals surface area contributed by atoms with Crippen LogP contribution in [0.3, 0.4) is 0 Å². The van der Waals surface area contributed by atoms with E-state index in [-0.39, 0.29) is 39.8 Å². The quantitative estimate of drug-likeness (QED) is 0.408. The molecule has 0 aliphatic heterocycles. The van der Waals surface area contributed by atoms with Crippen LogP contribution in [0.15, 0.2) is 30.6 Å². The van der Waals surface area contributed by atoms with Crippen LogP contribution in [0.5, 0.6) is 0 Å². The number of anilines is 1. The third-order valence-corrected chi connectivity index (χ3v) is 5.52. The summed E-state index contributed by atoms with van der Waals surface area (Å²) in [4.78, 5) is 20.0. The number of aromatic nitrogens is 4. The van der Waals surface area contributed by atoms with Gasteiger partial charge in [0.25, 0.3) is 0 Å². The average Bonchev–Trinajstić information content (AvgIpc) is 3.30. The molecule has 10 nitrogen and oxygen atoms in total. The van der Waals surface area contributed by atoms with Crippen LogP contribution in [-0.2, 0) is 21.2 Å². The Balaban J connectivity index is 2.21. The van der Waals surface area contributed by atoms with Gasteiger partial charge in [-0.1, -0.05) is 11.6 Å². The SMILES string of the molecule is [2H]C([2H])(Cc1nccc(-c2cn(C([2H])(C)C([2H])([2H])[2H])nc2-c2cc(Cl)cc(NS(C)(=O)=O)c2F)n1)C(C)NC(=O)OC. The summed E-state index contributed by atoms with van der Waals surface area (Å²) in [5.41, 5.74) is -0.954. The van der Waals surface area contributed by atoms with Crippen molar-refractivity contribution in [1.82, 2.24) is 25.1 Å². The van der Waals surface area contributed by atoms with Gasteiger partial charge >= 0.3 is 6.09 Å². The Kier molecular flexibility index (Phi) is 6.19. The number of sulfonamides is 1. The Morgan fingerprint density at radius 3 is 2.81 bits per heavy atom. The van der Waals surface area contributed by atoms with E-state index in [1.54, 1.807) is 0 Å². The highest BCUT2D eigenvalue weighted by Gasteiger charge is 2.22. The maximum Gasteiger partial charge on any atom is 0.407 e. The highest BCUT2D eigenvalue weighted by atomic mass is 35.5. The summed E-state index contributed by atoms with van der Waals surface area (Å²) >= 11 is 6.17. The lowest BCUT2D eigenvalue weighted by molar-refractivity contribution is 0.167. The molecule has 0 spiro atoms. The summed E-state index contributed by atoms with van der Waals surface area (Å²) in [7, 11) is -2.79. The number of methoxy groups -OCH3 is 1. The topological polar surface area (TPSA) is 128 Å². The minimum atomic E-state index is -3.92. The fourth-order valence-corrected chi connectivity index (χ4v) is 3.90. The second-order valence-electron chi connectivity index (χ2n) is 7.71. The van der Waals surface area contributed by atoms with Gasteiger partial charge in [0, 0.05) is 53.9 Å². The van der Waals surface area contributed by atoms with E-state index in [0.717, 1.165) is 37.1 Å². The van der Waals surface area contributed by atoms with E-state index in [2.05, 4.69) is 25.1 Å². The molecule has 13 heteroatoms. The minimum Gasteiger partial charge on any atom is -0.453 e. The zero-order chi connectivity index (χ0) is 31.8. The van der Waals surface area contributed by atoms with E-state index in [0.29, 0.717) is 0 Å². The molecule has 2 heterocycles. The van der Waals surface area contributed by atoms with Gasteiger partial charge in [-0.15, -0.1) is 0 Å². The number of ether oxygens (including phenoxy) is 1. The number of aryl methyl sites for hydroxylation is 1. The summed E-state index contributed by atoms with van der Waals surface area (Å²) in [6, 6.07) is 0.238. The molecule has 0 aliphatic carbocycles. The van der Waals surface area contributed by atoms with Crippen molar-refractivity contribution >= 4 is 33.4 Å². The average molecular weight is 545 g/mol. The molecule has 2 N–H and O–H groups in total. The number of rotatable bonds is 9. The first kappa shape index (κ1) is 19.9. The molecule has 2 aromatic heterocycles. The van der Waals surface area contributed by atoms with Crippen LogP contribution in [-0.4, -0.2) is 53.7 Å². The lowest BCUT2D eigenvalue weighted by Crippen LogP contribution is -2.32. The second kappa shape index (κ2) is 11.2. The molecule has 0 fully saturated rings. The Hall–Kier alpha value is -3.25. The van der Waals surface area contributed by atoms with Crippen LogP contribution >= 0.6 is 11.6 Å². The highest BCUT2D eigenvalue weighted by Crippen LogP contribution is 2.37. The lowest BCUT2D eigenvalue weighted by Gasteiger charge is -2.12. The van der Waals surface area contributed by atoms with Crippen molar-refractivity contribution < 1.29 is 30.6 Å². The highest BCUT2D eigenvalue weighted by molar-refractivity contribution is 7.92. The van der Waals surface area contributed by atoms with E-state index >= 15 is 4.39 Å². The molecule has 3 rings (SSSR count). The van der Waals surface area contributed by atoms with E-state index < -0.39 is 52.9 Å². The number of carbonyl (C=O) groups is 1. The van der Waals surface area contributed by atoms with Crippen molar-refractivity contribution in [1.29, 1.82) is 0 Å². The largest absolute Gasteiger partial charge is 0.453 e. The smallest absolute Gasteiger partial charge is 0.407 e. The van der Waals surface area contributed by atoms with E-state index in [1.165, 1.54) is 25.4 Å². The van der Waals surface area contributed by atoms with Crippen molar-refractivity contribution in [2.45, 2.75) is 45.6 Å². The Morgan fingerprint density at radius 1 is 1.39 bits per heavy atom. The number of benzene rings is 1. The van der Waals surface area contributed by atoms with Crippen molar-refractivity contribution in [2.75, 3.05) is 18.1 Å². The second-order valence-corrected chi connectivity index (χ2v) is 9.89. The summed E-state index contributed by atoms with van der Waals surface area (Å²) in [6.07, 6.45) is 0.0144. The predicted octanol–water partition coefficient (Wildman–Crippen LogP) is 4.43. The van der Waals surface area contributed by atoms with Gasteiger partial charge < -0.3 is 10.1 Å². The van der Waals surface area contributed by atoms with Gasteiger partial charge in [0.05, 0.1) is 26.1 Å². The monoisotopic (exact) mass is 544 g/mol. The van der Waals surface area contributed by atoms with Crippen molar-refractivity contribution in [3.05, 3.63) is 47.3 Å². The molecule has 0 aliphatic rings. The third-order valence-electron chi connectivity index (χ3n) is 4.71. The van der Waals surface area contributed by atoms with Crippen LogP contribution in [0.4, 0.5) is 14.9 Å². The van der Waals surface area contributed by atoms with Gasteiger partial charge in [0.2, 0.25) is 10.0 Å². The number of nitrogens with one attached hydrogen (secondary N) is 2. The first-order chi connectivity index (χ1) is 19.2. The van der Waals surface area contributed by atoms with Crippen molar-refractivity contribution in [2.24, 2.45) is 0 Å². The van der Waals surface area contributed by atoms with Gasteiger partial charge in [0.1, 0.15) is 11.5 Å². The van der Waals surface area contributed by atoms with Gasteiger partial charge in [-0.2, -0.15) is 5.10 Å². The van der Waals surface area contributed by atoms with Gasteiger partial charge in [-0.05, 0) is 45.3 Å². The molecule has 1 aromatic carbocycles. The lowest BCUT2D eigenvalue weighted by atomic mass is 10.0. The molecular weight excluding hydrogens is 511 g/mol. The zero-order valence-electron chi connectivity index (χ0n) is 25.8. The molecule has 3 aromatic rings. The summed E-state index contributed by atoms with van der Waals surface area (Å²) in [6.45, 7) is -0.364. The summed E-state index contributed by atoms with van der Waals surface area (Å²) in [5.74, 6) is -1.10. The van der Waals surface area contributed by atoms with E-state index in [9.17, 15) is 13.2 Å². The van der Waals surface area contributed by atoms with Gasteiger partial charge in [-0.3, -0.25) is 9.40 Å². The first-order valence-corrected chi connectivity index (χ1v) is 12.7. The van der Waals surface area contributed by atoms with Crippen LogP contribution in [0.1, 0.15) is 47.1 Å². The van der Waals surface area contributed by atoms with E-state index in [1.807, 2.05) is 4.72 Å². The standard InChI is InChI=1S/C23H28ClFN6O4S/c1-13(2)31-12-17(18-8-9-26-20(28-18)7-6-14(3)27-23(32)35-4)22(29-31)16-10-15(24)11-19(21(16)25)30-36(5,33)34/h8-14,30H,6-7H2,1-5H3,(H,27,32)/i1D3,6D2,13D. The number of carbonyl (C=O) groups excluding carboxylic acids is 1. The van der Waals surface area contributed by atoms with Crippen LogP contribution in [0.2, 0.25) is 5.02 Å². The fourth-order valence-electron chi connectivity index (χ4n) is 3.13. The molecule has 2 unspecified atom stereocenters. The van der Waals surface area contributed by atoms with Crippen LogP contribution in [0, 0.1) is 5.82 Å². The third kappa shape index (κ3) is 6.91. The minimum absolute atomic E-state index is 0.0224. The van der Waals surface area contributed by atoms with Crippen LogP contribution < -0.4 is 10.0 Å². The number of hydrogen-bond acceptors (Lipinski definition) is 7. The number of halogens is 2. The van der Waals surface area contributed by atoms with Gasteiger partial charge in [-0.25, -0.2) is 27.6 Å². The molecular formula is C23H28ClFN6O4S. The molecule has 194 valence electrons. The summed E-state index contributed by atoms with van der Waals surface area (Å²) in [5, 5.41) is 6.48. The number of nitrogens with zero attached hydrogens (tertiary/aromatic N) is 4. The van der Waals surface area contributed by atoms with Crippen molar-refractivity contribution in [3.63, 3.8) is 0 Å². The fraction of sp³-hybridized carbons (Fsp3) is 0.391. The molecule has 0 saturated carbocycles. The molecule has 1 amide bonds. The molecule has 0 radical (unpaired) electrons. The number of amides is 1. The number of alkyl carbamates (subject to hydrolysis) is 1. The Bertz CT molecular complexity index is 1600. The normalized spacial score (nSPS) is 17.3. The van der Waals surface area contributed by atoms with Gasteiger partial charge in [0.15, 0.2) is 5.82 Å². The number of hydrogen-bond donors (Lipinski definition) is 2. The summed E-state index contributed by atoms with van der Waals surface area (Å²) < 4.78 is 95.4. The molecule has 36 heavy (non-hydrogen) atoms. The van der Waals surface area contributed by atoms with Crippen LogP contribution in [0.25, 0.3) is 22.5 Å². The van der Waals surface area contributed by atoms with E-state index in [4.69, 9.17) is 19.8 Å². The molecule has 0 saturated heterocycles.